The third-order valence-electron chi connectivity index (χ3n) is 2.20. The zero-order valence-electron chi connectivity index (χ0n) is 8.91. The van der Waals surface area contributed by atoms with E-state index in [0.29, 0.717) is 0 Å². The van der Waals surface area contributed by atoms with Gasteiger partial charge in [0, 0.05) is 12.6 Å². The second-order valence-corrected chi connectivity index (χ2v) is 6.13. The summed E-state index contributed by atoms with van der Waals surface area (Å²) in [6.45, 7) is 5.59. The van der Waals surface area contributed by atoms with Gasteiger partial charge in [0.25, 0.3) is 0 Å². The Morgan fingerprint density at radius 1 is 1.50 bits per heavy atom. The SMILES string of the molecule is CC(C)CS(=O)(=O)N[C@H]1CCCNC1. The Morgan fingerprint density at radius 3 is 2.71 bits per heavy atom. The predicted molar refractivity (Wildman–Crippen MR) is 57.7 cm³/mol. The van der Waals surface area contributed by atoms with Gasteiger partial charge < -0.3 is 5.32 Å². The highest BCUT2D eigenvalue weighted by Gasteiger charge is 2.20. The smallest absolute Gasteiger partial charge is 0.212 e. The Morgan fingerprint density at radius 2 is 2.21 bits per heavy atom. The molecule has 4 nitrogen and oxygen atoms in total. The normalized spacial score (nSPS) is 24.1. The standard InChI is InChI=1S/C9H20N2O2S/c1-8(2)7-14(12,13)11-9-4-3-5-10-6-9/h8-11H,3-7H2,1-2H3/t9-/m0/s1. The molecule has 0 spiro atoms. The average molecular weight is 220 g/mol. The third-order valence-corrected chi connectivity index (χ3v) is 3.99. The lowest BCUT2D eigenvalue weighted by Gasteiger charge is -2.23. The van der Waals surface area contributed by atoms with Crippen molar-refractivity contribution in [1.82, 2.24) is 10.0 Å². The van der Waals surface area contributed by atoms with E-state index in [9.17, 15) is 8.42 Å². The molecule has 1 heterocycles. The summed E-state index contributed by atoms with van der Waals surface area (Å²) in [6.07, 6.45) is 2.00. The Hall–Kier alpha value is -0.130. The molecule has 84 valence electrons. The van der Waals surface area contributed by atoms with Crippen molar-refractivity contribution in [3.05, 3.63) is 0 Å². The van der Waals surface area contributed by atoms with Crippen LogP contribution in [0.5, 0.6) is 0 Å². The minimum absolute atomic E-state index is 0.0903. The molecule has 1 aliphatic rings. The van der Waals surface area contributed by atoms with Crippen molar-refractivity contribution in [2.24, 2.45) is 5.92 Å². The van der Waals surface area contributed by atoms with Gasteiger partial charge in [-0.15, -0.1) is 0 Å². The molecular weight excluding hydrogens is 200 g/mol. The molecular formula is C9H20N2O2S. The lowest BCUT2D eigenvalue weighted by atomic mass is 10.1. The van der Waals surface area contributed by atoms with Gasteiger partial charge in [0.05, 0.1) is 5.75 Å². The van der Waals surface area contributed by atoms with Gasteiger partial charge in [-0.25, -0.2) is 13.1 Å². The lowest BCUT2D eigenvalue weighted by molar-refractivity contribution is 0.427. The van der Waals surface area contributed by atoms with Gasteiger partial charge in [-0.3, -0.25) is 0 Å². The minimum atomic E-state index is -3.07. The summed E-state index contributed by atoms with van der Waals surface area (Å²) >= 11 is 0. The van der Waals surface area contributed by atoms with Crippen LogP contribution in [0.3, 0.4) is 0 Å². The topological polar surface area (TPSA) is 58.2 Å². The number of nitrogens with one attached hydrogen (secondary N) is 2. The molecule has 0 saturated carbocycles. The highest BCUT2D eigenvalue weighted by atomic mass is 32.2. The first kappa shape index (κ1) is 11.9. The van der Waals surface area contributed by atoms with Gasteiger partial charge >= 0.3 is 0 Å². The van der Waals surface area contributed by atoms with Crippen LogP contribution in [0.1, 0.15) is 26.7 Å². The zero-order valence-corrected chi connectivity index (χ0v) is 9.73. The second-order valence-electron chi connectivity index (χ2n) is 4.34. The molecule has 0 aromatic heterocycles. The fourth-order valence-electron chi connectivity index (χ4n) is 1.69. The van der Waals surface area contributed by atoms with Crippen LogP contribution in [0.25, 0.3) is 0 Å². The van der Waals surface area contributed by atoms with E-state index >= 15 is 0 Å². The zero-order chi connectivity index (χ0) is 10.6. The van der Waals surface area contributed by atoms with Crippen molar-refractivity contribution in [3.8, 4) is 0 Å². The molecule has 0 aliphatic carbocycles. The summed E-state index contributed by atoms with van der Waals surface area (Å²) in [5.41, 5.74) is 0. The first-order valence-electron chi connectivity index (χ1n) is 5.20. The van der Waals surface area contributed by atoms with Crippen LogP contribution in [-0.4, -0.2) is 33.3 Å². The molecule has 1 rings (SSSR count). The fourth-order valence-corrected chi connectivity index (χ4v) is 3.38. The van der Waals surface area contributed by atoms with Gasteiger partial charge in [0.1, 0.15) is 0 Å². The van der Waals surface area contributed by atoms with Crippen molar-refractivity contribution in [2.75, 3.05) is 18.8 Å². The number of piperidine rings is 1. The second kappa shape index (κ2) is 5.09. The number of hydrogen-bond acceptors (Lipinski definition) is 3. The molecule has 14 heavy (non-hydrogen) atoms. The molecule has 0 bridgehead atoms. The van der Waals surface area contributed by atoms with Gasteiger partial charge in [0.15, 0.2) is 0 Å². The molecule has 0 unspecified atom stereocenters. The fraction of sp³-hybridized carbons (Fsp3) is 1.00. The monoisotopic (exact) mass is 220 g/mol. The molecule has 2 N–H and O–H groups in total. The molecule has 1 saturated heterocycles. The molecule has 0 radical (unpaired) electrons. The molecule has 0 amide bonds. The summed E-state index contributed by atoms with van der Waals surface area (Å²) in [6, 6.07) is 0.0903. The molecule has 0 aromatic carbocycles. The third kappa shape index (κ3) is 4.39. The van der Waals surface area contributed by atoms with Crippen molar-refractivity contribution < 1.29 is 8.42 Å². The first-order valence-corrected chi connectivity index (χ1v) is 6.85. The first-order chi connectivity index (χ1) is 6.49. The number of rotatable bonds is 4. The molecule has 1 atom stereocenters. The molecule has 5 heteroatoms. The highest BCUT2D eigenvalue weighted by Crippen LogP contribution is 2.05. The van der Waals surface area contributed by atoms with Gasteiger partial charge in [-0.05, 0) is 25.3 Å². The predicted octanol–water partition coefficient (Wildman–Crippen LogP) is 0.314. The number of hydrogen-bond donors (Lipinski definition) is 2. The highest BCUT2D eigenvalue weighted by molar-refractivity contribution is 7.89. The molecule has 1 fully saturated rings. The summed E-state index contributed by atoms with van der Waals surface area (Å²) in [4.78, 5) is 0. The van der Waals surface area contributed by atoms with E-state index in [1.165, 1.54) is 0 Å². The van der Waals surface area contributed by atoms with E-state index in [4.69, 9.17) is 0 Å². The van der Waals surface area contributed by atoms with Gasteiger partial charge in [0.2, 0.25) is 10.0 Å². The van der Waals surface area contributed by atoms with Crippen molar-refractivity contribution in [1.29, 1.82) is 0 Å². The summed E-state index contributed by atoms with van der Waals surface area (Å²) in [7, 11) is -3.07. The van der Waals surface area contributed by atoms with E-state index in [2.05, 4.69) is 10.0 Å². The van der Waals surface area contributed by atoms with E-state index in [-0.39, 0.29) is 17.7 Å². The maximum Gasteiger partial charge on any atom is 0.212 e. The molecule has 0 aromatic rings. The van der Waals surface area contributed by atoms with Crippen LogP contribution in [0.4, 0.5) is 0 Å². The maximum atomic E-state index is 11.6. The van der Waals surface area contributed by atoms with E-state index in [1.54, 1.807) is 0 Å². The van der Waals surface area contributed by atoms with Gasteiger partial charge in [-0.2, -0.15) is 0 Å². The van der Waals surface area contributed by atoms with E-state index in [0.717, 1.165) is 25.9 Å². The Labute approximate surface area is 86.5 Å². The lowest BCUT2D eigenvalue weighted by Crippen LogP contribution is -2.46. The van der Waals surface area contributed by atoms with Crippen molar-refractivity contribution >= 4 is 10.0 Å². The van der Waals surface area contributed by atoms with Crippen LogP contribution < -0.4 is 10.0 Å². The van der Waals surface area contributed by atoms with Crippen LogP contribution >= 0.6 is 0 Å². The number of sulfonamides is 1. The summed E-state index contributed by atoms with van der Waals surface area (Å²) in [5.74, 6) is 0.410. The van der Waals surface area contributed by atoms with Crippen LogP contribution in [0, 0.1) is 5.92 Å². The minimum Gasteiger partial charge on any atom is -0.315 e. The maximum absolute atomic E-state index is 11.6. The van der Waals surface area contributed by atoms with Crippen molar-refractivity contribution in [2.45, 2.75) is 32.7 Å². The van der Waals surface area contributed by atoms with Crippen LogP contribution in [0.15, 0.2) is 0 Å². The summed E-state index contributed by atoms with van der Waals surface area (Å²) < 4.78 is 25.9. The van der Waals surface area contributed by atoms with Gasteiger partial charge in [-0.1, -0.05) is 13.8 Å². The quantitative estimate of drug-likeness (QED) is 0.717. The van der Waals surface area contributed by atoms with Crippen molar-refractivity contribution in [3.63, 3.8) is 0 Å². The van der Waals surface area contributed by atoms with E-state index in [1.807, 2.05) is 13.8 Å². The largest absolute Gasteiger partial charge is 0.315 e. The summed E-state index contributed by atoms with van der Waals surface area (Å²) in [5, 5.41) is 3.18. The van der Waals surface area contributed by atoms with Crippen LogP contribution in [0.2, 0.25) is 0 Å². The Kier molecular flexibility index (Phi) is 4.34. The van der Waals surface area contributed by atoms with E-state index < -0.39 is 10.0 Å². The average Bonchev–Trinajstić information content (AvgIpc) is 2.02. The molecule has 1 aliphatic heterocycles. The Bertz CT molecular complexity index is 256. The Balaban J connectivity index is 2.41. The van der Waals surface area contributed by atoms with Crippen LogP contribution in [-0.2, 0) is 10.0 Å².